The van der Waals surface area contributed by atoms with Crippen molar-refractivity contribution in [1.29, 1.82) is 0 Å². The van der Waals surface area contributed by atoms with E-state index in [4.69, 9.17) is 0 Å². The average Bonchev–Trinajstić information content (AvgIpc) is 3.07. The third kappa shape index (κ3) is 2.76. The molecule has 3 aromatic rings. The molecule has 0 saturated heterocycles. The SMILES string of the molecule is CN(C)CCCn1ncc2ccc(-c3ccsc3)cc21. The Balaban J connectivity index is 1.88. The molecule has 0 spiro atoms. The van der Waals surface area contributed by atoms with Crippen LogP contribution in [0.25, 0.3) is 22.0 Å². The van der Waals surface area contributed by atoms with Gasteiger partial charge in [0.15, 0.2) is 0 Å². The first-order chi connectivity index (χ1) is 9.74. The molecule has 0 aliphatic carbocycles. The predicted octanol–water partition coefficient (Wildman–Crippen LogP) is 3.72. The van der Waals surface area contributed by atoms with Gasteiger partial charge in [0.05, 0.1) is 11.7 Å². The number of rotatable bonds is 5. The summed E-state index contributed by atoms with van der Waals surface area (Å²) in [5.74, 6) is 0. The van der Waals surface area contributed by atoms with E-state index in [9.17, 15) is 0 Å². The quantitative estimate of drug-likeness (QED) is 0.712. The first kappa shape index (κ1) is 13.3. The third-order valence-corrected chi connectivity index (χ3v) is 4.16. The molecule has 3 nitrogen and oxygen atoms in total. The standard InChI is InChI=1S/C16H19N3S/c1-18(2)7-3-8-19-16-10-13(15-6-9-20-12-15)4-5-14(16)11-17-19/h4-6,9-12H,3,7-8H2,1-2H3. The second-order valence-electron chi connectivity index (χ2n) is 5.31. The van der Waals surface area contributed by atoms with Crippen molar-refractivity contribution in [3.63, 3.8) is 0 Å². The van der Waals surface area contributed by atoms with Crippen molar-refractivity contribution in [3.8, 4) is 11.1 Å². The predicted molar refractivity (Wildman–Crippen MR) is 86.2 cm³/mol. The van der Waals surface area contributed by atoms with Gasteiger partial charge < -0.3 is 4.90 Å². The number of hydrogen-bond donors (Lipinski definition) is 0. The van der Waals surface area contributed by atoms with Gasteiger partial charge in [0.25, 0.3) is 0 Å². The molecule has 0 amide bonds. The van der Waals surface area contributed by atoms with Crippen LogP contribution in [0, 0.1) is 0 Å². The summed E-state index contributed by atoms with van der Waals surface area (Å²) >= 11 is 1.74. The monoisotopic (exact) mass is 285 g/mol. The molecule has 0 aliphatic rings. The molecular weight excluding hydrogens is 266 g/mol. The molecule has 20 heavy (non-hydrogen) atoms. The molecule has 1 aromatic carbocycles. The maximum absolute atomic E-state index is 4.52. The maximum atomic E-state index is 4.52. The molecule has 3 rings (SSSR count). The highest BCUT2D eigenvalue weighted by atomic mass is 32.1. The summed E-state index contributed by atoms with van der Waals surface area (Å²) in [4.78, 5) is 2.21. The van der Waals surface area contributed by atoms with Crippen LogP contribution in [0.2, 0.25) is 0 Å². The third-order valence-electron chi connectivity index (χ3n) is 3.47. The first-order valence-corrected chi connectivity index (χ1v) is 7.81. The highest BCUT2D eigenvalue weighted by Crippen LogP contribution is 2.26. The van der Waals surface area contributed by atoms with E-state index in [1.807, 2.05) is 6.20 Å². The van der Waals surface area contributed by atoms with E-state index in [1.165, 1.54) is 22.0 Å². The molecule has 0 saturated carbocycles. The molecule has 0 unspecified atom stereocenters. The van der Waals surface area contributed by atoms with Crippen molar-refractivity contribution in [3.05, 3.63) is 41.2 Å². The smallest absolute Gasteiger partial charge is 0.0688 e. The Morgan fingerprint density at radius 2 is 2.10 bits per heavy atom. The minimum atomic E-state index is 0.967. The number of nitrogens with zero attached hydrogens (tertiary/aromatic N) is 3. The maximum Gasteiger partial charge on any atom is 0.0688 e. The Bertz CT molecular complexity index is 683. The number of aryl methyl sites for hydroxylation is 1. The minimum Gasteiger partial charge on any atom is -0.309 e. The zero-order chi connectivity index (χ0) is 13.9. The van der Waals surface area contributed by atoms with E-state index in [1.54, 1.807) is 11.3 Å². The number of aromatic nitrogens is 2. The lowest BCUT2D eigenvalue weighted by molar-refractivity contribution is 0.382. The van der Waals surface area contributed by atoms with Gasteiger partial charge in [-0.1, -0.05) is 12.1 Å². The van der Waals surface area contributed by atoms with Crippen LogP contribution in [0.4, 0.5) is 0 Å². The summed E-state index contributed by atoms with van der Waals surface area (Å²) in [6, 6.07) is 8.76. The summed E-state index contributed by atoms with van der Waals surface area (Å²) in [5, 5.41) is 10.0. The van der Waals surface area contributed by atoms with E-state index in [2.05, 4.69) is 63.8 Å². The topological polar surface area (TPSA) is 21.1 Å². The lowest BCUT2D eigenvalue weighted by atomic mass is 10.1. The molecule has 104 valence electrons. The van der Waals surface area contributed by atoms with Crippen LogP contribution in [0.15, 0.2) is 41.2 Å². The molecule has 0 fully saturated rings. The highest BCUT2D eigenvalue weighted by Gasteiger charge is 2.05. The average molecular weight is 285 g/mol. The van der Waals surface area contributed by atoms with Gasteiger partial charge in [0.2, 0.25) is 0 Å². The molecule has 2 heterocycles. The summed E-state index contributed by atoms with van der Waals surface area (Å²) in [7, 11) is 4.21. The van der Waals surface area contributed by atoms with Crippen LogP contribution < -0.4 is 0 Å². The van der Waals surface area contributed by atoms with Gasteiger partial charge in [0, 0.05) is 11.9 Å². The first-order valence-electron chi connectivity index (χ1n) is 6.87. The fourth-order valence-corrected chi connectivity index (χ4v) is 3.06. The number of hydrogen-bond acceptors (Lipinski definition) is 3. The zero-order valence-electron chi connectivity index (χ0n) is 11.9. The van der Waals surface area contributed by atoms with Crippen LogP contribution in [-0.2, 0) is 6.54 Å². The van der Waals surface area contributed by atoms with E-state index in [0.717, 1.165) is 19.5 Å². The molecular formula is C16H19N3S. The van der Waals surface area contributed by atoms with Crippen molar-refractivity contribution < 1.29 is 0 Å². The molecule has 0 aliphatic heterocycles. The lowest BCUT2D eigenvalue weighted by Gasteiger charge is -2.09. The lowest BCUT2D eigenvalue weighted by Crippen LogP contribution is -2.15. The largest absolute Gasteiger partial charge is 0.309 e. The summed E-state index contributed by atoms with van der Waals surface area (Å²) < 4.78 is 2.12. The van der Waals surface area contributed by atoms with Crippen LogP contribution in [0.5, 0.6) is 0 Å². The summed E-state index contributed by atoms with van der Waals surface area (Å²) in [5.41, 5.74) is 3.79. The van der Waals surface area contributed by atoms with E-state index < -0.39 is 0 Å². The van der Waals surface area contributed by atoms with Crippen LogP contribution in [0.3, 0.4) is 0 Å². The van der Waals surface area contributed by atoms with Crippen LogP contribution >= 0.6 is 11.3 Å². The molecule has 0 radical (unpaired) electrons. The molecule has 4 heteroatoms. The zero-order valence-corrected chi connectivity index (χ0v) is 12.7. The summed E-state index contributed by atoms with van der Waals surface area (Å²) in [6.45, 7) is 2.06. The molecule has 0 N–H and O–H groups in total. The highest BCUT2D eigenvalue weighted by molar-refractivity contribution is 7.08. The minimum absolute atomic E-state index is 0.967. The summed E-state index contributed by atoms with van der Waals surface area (Å²) in [6.07, 6.45) is 3.08. The Morgan fingerprint density at radius 3 is 2.85 bits per heavy atom. The number of fused-ring (bicyclic) bond motifs is 1. The van der Waals surface area contributed by atoms with Gasteiger partial charge in [-0.2, -0.15) is 16.4 Å². The Morgan fingerprint density at radius 1 is 1.20 bits per heavy atom. The second-order valence-corrected chi connectivity index (χ2v) is 6.09. The molecule has 2 aromatic heterocycles. The van der Waals surface area contributed by atoms with E-state index >= 15 is 0 Å². The fraction of sp³-hybridized carbons (Fsp3) is 0.312. The van der Waals surface area contributed by atoms with Crippen molar-refractivity contribution in [2.24, 2.45) is 0 Å². The van der Waals surface area contributed by atoms with Gasteiger partial charge in [0.1, 0.15) is 0 Å². The van der Waals surface area contributed by atoms with Crippen LogP contribution in [0.1, 0.15) is 6.42 Å². The van der Waals surface area contributed by atoms with Crippen molar-refractivity contribution >= 4 is 22.2 Å². The number of thiophene rings is 1. The molecule has 0 bridgehead atoms. The van der Waals surface area contributed by atoms with E-state index in [0.29, 0.717) is 0 Å². The second kappa shape index (κ2) is 5.77. The van der Waals surface area contributed by atoms with Crippen molar-refractivity contribution in [1.82, 2.24) is 14.7 Å². The van der Waals surface area contributed by atoms with Crippen molar-refractivity contribution in [2.75, 3.05) is 20.6 Å². The molecule has 0 atom stereocenters. The van der Waals surface area contributed by atoms with Gasteiger partial charge >= 0.3 is 0 Å². The Labute approximate surface area is 123 Å². The van der Waals surface area contributed by atoms with Crippen molar-refractivity contribution in [2.45, 2.75) is 13.0 Å². The van der Waals surface area contributed by atoms with Crippen LogP contribution in [-0.4, -0.2) is 35.3 Å². The van der Waals surface area contributed by atoms with Gasteiger partial charge in [-0.25, -0.2) is 0 Å². The van der Waals surface area contributed by atoms with Gasteiger partial charge in [-0.3, -0.25) is 4.68 Å². The Kier molecular flexibility index (Phi) is 3.85. The Hall–Kier alpha value is -1.65. The van der Waals surface area contributed by atoms with E-state index in [-0.39, 0.29) is 0 Å². The van der Waals surface area contributed by atoms with Gasteiger partial charge in [-0.15, -0.1) is 0 Å². The normalized spacial score (nSPS) is 11.6. The van der Waals surface area contributed by atoms with Gasteiger partial charge in [-0.05, 0) is 61.1 Å². The fourth-order valence-electron chi connectivity index (χ4n) is 2.39. The number of benzene rings is 1.